The largest absolute Gasteiger partial charge is 0.478 e. The number of carboxylic acid groups (broad SMARTS) is 1. The average molecular weight is 250 g/mol. The summed E-state index contributed by atoms with van der Waals surface area (Å²) in [4.78, 5) is 15.1. The number of nitrogens with zero attached hydrogens (tertiary/aromatic N) is 1. The van der Waals surface area contributed by atoms with E-state index in [0.717, 1.165) is 25.1 Å². The van der Waals surface area contributed by atoms with Crippen molar-refractivity contribution in [2.45, 2.75) is 32.3 Å². The van der Waals surface area contributed by atoms with Gasteiger partial charge in [-0.15, -0.1) is 0 Å². The minimum Gasteiger partial charge on any atom is -0.478 e. The molecule has 1 fully saturated rings. The molecule has 18 heavy (non-hydrogen) atoms. The minimum atomic E-state index is -0.970. The van der Waals surface area contributed by atoms with Crippen LogP contribution in [0.3, 0.4) is 0 Å². The number of pyridine rings is 1. The van der Waals surface area contributed by atoms with Crippen LogP contribution in [0.1, 0.15) is 35.8 Å². The predicted octanol–water partition coefficient (Wildman–Crippen LogP) is 2.07. The fraction of sp³-hybridized carbons (Fsp3) is 0.538. The van der Waals surface area contributed by atoms with Crippen LogP contribution in [0.25, 0.3) is 0 Å². The summed E-state index contributed by atoms with van der Waals surface area (Å²) in [6, 6.07) is 1.75. The molecule has 0 radical (unpaired) electrons. The second kappa shape index (κ2) is 4.94. The first-order valence-corrected chi connectivity index (χ1v) is 6.08. The molecule has 5 heteroatoms. The van der Waals surface area contributed by atoms with Crippen molar-refractivity contribution in [1.82, 2.24) is 4.98 Å². The van der Waals surface area contributed by atoms with Crippen LogP contribution in [0.4, 0.5) is 5.69 Å². The van der Waals surface area contributed by atoms with Gasteiger partial charge in [0, 0.05) is 25.0 Å². The van der Waals surface area contributed by atoms with Gasteiger partial charge in [0.2, 0.25) is 0 Å². The number of ether oxygens (including phenoxy) is 1. The van der Waals surface area contributed by atoms with Gasteiger partial charge in [-0.25, -0.2) is 4.79 Å². The number of anilines is 1. The van der Waals surface area contributed by atoms with Crippen molar-refractivity contribution in [2.75, 3.05) is 18.5 Å². The van der Waals surface area contributed by atoms with E-state index in [2.05, 4.69) is 10.3 Å². The summed E-state index contributed by atoms with van der Waals surface area (Å²) >= 11 is 0. The van der Waals surface area contributed by atoms with Crippen molar-refractivity contribution in [3.63, 3.8) is 0 Å². The molecule has 98 valence electrons. The van der Waals surface area contributed by atoms with E-state index in [4.69, 9.17) is 9.84 Å². The molecule has 0 aromatic carbocycles. The fourth-order valence-electron chi connectivity index (χ4n) is 2.13. The summed E-state index contributed by atoms with van der Waals surface area (Å²) in [6.45, 7) is 5.27. The summed E-state index contributed by atoms with van der Waals surface area (Å²) in [5, 5.41) is 12.3. The molecule has 0 spiro atoms. The molecular formula is C13H18N2O3. The van der Waals surface area contributed by atoms with Crippen molar-refractivity contribution in [1.29, 1.82) is 0 Å². The van der Waals surface area contributed by atoms with E-state index < -0.39 is 5.97 Å². The van der Waals surface area contributed by atoms with Gasteiger partial charge in [-0.3, -0.25) is 4.98 Å². The summed E-state index contributed by atoms with van der Waals surface area (Å²) in [6.07, 6.45) is 3.43. The summed E-state index contributed by atoms with van der Waals surface area (Å²) in [7, 11) is 0. The van der Waals surface area contributed by atoms with Crippen LogP contribution in [-0.2, 0) is 4.74 Å². The third kappa shape index (κ3) is 2.79. The average Bonchev–Trinajstić information content (AvgIpc) is 2.74. The Kier molecular flexibility index (Phi) is 3.52. The van der Waals surface area contributed by atoms with Gasteiger partial charge in [-0.1, -0.05) is 0 Å². The quantitative estimate of drug-likeness (QED) is 0.856. The number of hydrogen-bond donors (Lipinski definition) is 2. The Balaban J connectivity index is 2.12. The Morgan fingerprint density at radius 1 is 1.67 bits per heavy atom. The van der Waals surface area contributed by atoms with E-state index in [1.54, 1.807) is 6.07 Å². The molecular weight excluding hydrogens is 232 g/mol. The molecule has 0 aliphatic carbocycles. The lowest BCUT2D eigenvalue weighted by Gasteiger charge is -2.24. The molecule has 2 N–H and O–H groups in total. The highest BCUT2D eigenvalue weighted by molar-refractivity contribution is 5.93. The van der Waals surface area contributed by atoms with Gasteiger partial charge in [0.25, 0.3) is 0 Å². The number of nitrogens with one attached hydrogen (secondary N) is 1. The topological polar surface area (TPSA) is 71.5 Å². The van der Waals surface area contributed by atoms with Crippen molar-refractivity contribution >= 4 is 11.7 Å². The smallest absolute Gasteiger partial charge is 0.339 e. The van der Waals surface area contributed by atoms with Crippen LogP contribution >= 0.6 is 0 Å². The van der Waals surface area contributed by atoms with Gasteiger partial charge in [-0.05, 0) is 32.8 Å². The second-order valence-corrected chi connectivity index (χ2v) is 4.93. The zero-order valence-electron chi connectivity index (χ0n) is 10.7. The summed E-state index contributed by atoms with van der Waals surface area (Å²) in [5.41, 5.74) is 1.39. The van der Waals surface area contributed by atoms with Gasteiger partial charge in [0.15, 0.2) is 0 Å². The number of aromatic carboxylic acids is 1. The zero-order valence-corrected chi connectivity index (χ0v) is 10.7. The van der Waals surface area contributed by atoms with Crippen molar-refractivity contribution in [3.05, 3.63) is 23.5 Å². The lowest BCUT2D eigenvalue weighted by molar-refractivity contribution is 0.0314. The molecule has 1 atom stereocenters. The Labute approximate surface area is 106 Å². The van der Waals surface area contributed by atoms with Gasteiger partial charge < -0.3 is 15.2 Å². The standard InChI is InChI=1S/C13H18N2O3/c1-9-6-11(10(7-14-9)12(16)17)15-8-13(2)4-3-5-18-13/h6-7H,3-5,8H2,1-2H3,(H,14,15)(H,16,17). The molecule has 1 aromatic rings. The van der Waals surface area contributed by atoms with E-state index in [0.29, 0.717) is 12.2 Å². The Morgan fingerprint density at radius 3 is 3.06 bits per heavy atom. The van der Waals surface area contributed by atoms with E-state index in [9.17, 15) is 4.79 Å². The first-order valence-electron chi connectivity index (χ1n) is 6.08. The number of aryl methyl sites for hydroxylation is 1. The lowest BCUT2D eigenvalue weighted by atomic mass is 10.0. The SMILES string of the molecule is Cc1cc(NCC2(C)CCCO2)c(C(=O)O)cn1. The van der Waals surface area contributed by atoms with Crippen LogP contribution in [-0.4, -0.2) is 34.8 Å². The van der Waals surface area contributed by atoms with Gasteiger partial charge in [0.1, 0.15) is 5.56 Å². The van der Waals surface area contributed by atoms with E-state index in [1.165, 1.54) is 6.20 Å². The highest BCUT2D eigenvalue weighted by Gasteiger charge is 2.29. The molecule has 1 aromatic heterocycles. The van der Waals surface area contributed by atoms with E-state index >= 15 is 0 Å². The first-order chi connectivity index (χ1) is 8.50. The van der Waals surface area contributed by atoms with Crippen molar-refractivity contribution in [2.24, 2.45) is 0 Å². The van der Waals surface area contributed by atoms with Gasteiger partial charge in [-0.2, -0.15) is 0 Å². The van der Waals surface area contributed by atoms with Crippen LogP contribution in [0.5, 0.6) is 0 Å². The molecule has 1 aliphatic rings. The maximum absolute atomic E-state index is 11.1. The van der Waals surface area contributed by atoms with Crippen LogP contribution in [0, 0.1) is 6.92 Å². The second-order valence-electron chi connectivity index (χ2n) is 4.93. The van der Waals surface area contributed by atoms with Crippen LogP contribution in [0.15, 0.2) is 12.3 Å². The minimum absolute atomic E-state index is 0.196. The number of carbonyl (C=O) groups is 1. The highest BCUT2D eigenvalue weighted by Crippen LogP contribution is 2.26. The number of carboxylic acids is 1. The Bertz CT molecular complexity index is 454. The van der Waals surface area contributed by atoms with E-state index in [1.807, 2.05) is 13.8 Å². The van der Waals surface area contributed by atoms with E-state index in [-0.39, 0.29) is 11.2 Å². The van der Waals surface area contributed by atoms with Crippen molar-refractivity contribution in [3.8, 4) is 0 Å². The zero-order chi connectivity index (χ0) is 13.2. The monoisotopic (exact) mass is 250 g/mol. The third-order valence-corrected chi connectivity index (χ3v) is 3.22. The Hall–Kier alpha value is -1.62. The molecule has 5 nitrogen and oxygen atoms in total. The predicted molar refractivity (Wildman–Crippen MR) is 68.0 cm³/mol. The fourth-order valence-corrected chi connectivity index (χ4v) is 2.13. The highest BCUT2D eigenvalue weighted by atomic mass is 16.5. The molecule has 1 saturated heterocycles. The Morgan fingerprint density at radius 2 is 2.44 bits per heavy atom. The lowest BCUT2D eigenvalue weighted by Crippen LogP contribution is -2.33. The number of aromatic nitrogens is 1. The van der Waals surface area contributed by atoms with Gasteiger partial charge in [0.05, 0.1) is 11.3 Å². The summed E-state index contributed by atoms with van der Waals surface area (Å²) in [5.74, 6) is -0.970. The number of rotatable bonds is 4. The molecule has 2 heterocycles. The first kappa shape index (κ1) is 12.8. The van der Waals surface area contributed by atoms with Crippen molar-refractivity contribution < 1.29 is 14.6 Å². The molecule has 2 rings (SSSR count). The number of hydrogen-bond acceptors (Lipinski definition) is 4. The molecule has 0 saturated carbocycles. The third-order valence-electron chi connectivity index (χ3n) is 3.22. The maximum atomic E-state index is 11.1. The molecule has 1 aliphatic heterocycles. The molecule has 0 bridgehead atoms. The van der Waals surface area contributed by atoms with Crippen LogP contribution < -0.4 is 5.32 Å². The normalized spacial score (nSPS) is 23.0. The van der Waals surface area contributed by atoms with Crippen LogP contribution in [0.2, 0.25) is 0 Å². The van der Waals surface area contributed by atoms with Gasteiger partial charge >= 0.3 is 5.97 Å². The molecule has 1 unspecified atom stereocenters. The molecule has 0 amide bonds. The summed E-state index contributed by atoms with van der Waals surface area (Å²) < 4.78 is 5.67. The maximum Gasteiger partial charge on any atom is 0.339 e.